The van der Waals surface area contributed by atoms with Crippen LogP contribution in [-0.2, 0) is 4.79 Å². The molecule has 17 heavy (non-hydrogen) atoms. The van der Waals surface area contributed by atoms with E-state index in [9.17, 15) is 4.79 Å². The molecule has 0 atom stereocenters. The van der Waals surface area contributed by atoms with Crippen LogP contribution in [0.25, 0.3) is 0 Å². The van der Waals surface area contributed by atoms with Crippen molar-refractivity contribution in [2.75, 3.05) is 30.5 Å². The molecule has 1 aromatic rings. The van der Waals surface area contributed by atoms with Crippen molar-refractivity contribution in [2.45, 2.75) is 6.92 Å². The summed E-state index contributed by atoms with van der Waals surface area (Å²) in [6.45, 7) is 2.36. The molecule has 0 aromatic carbocycles. The van der Waals surface area contributed by atoms with E-state index in [0.717, 1.165) is 0 Å². The Labute approximate surface area is 98.1 Å². The van der Waals surface area contributed by atoms with Gasteiger partial charge in [0.05, 0.1) is 13.7 Å². The Morgan fingerprint density at radius 1 is 1.47 bits per heavy atom. The van der Waals surface area contributed by atoms with Crippen molar-refractivity contribution in [3.63, 3.8) is 0 Å². The zero-order chi connectivity index (χ0) is 12.8. The van der Waals surface area contributed by atoms with Crippen molar-refractivity contribution in [1.82, 2.24) is 15.0 Å². The summed E-state index contributed by atoms with van der Waals surface area (Å²) in [6.07, 6.45) is 0. The molecule has 1 amide bonds. The van der Waals surface area contributed by atoms with Gasteiger partial charge in [-0.2, -0.15) is 15.0 Å². The van der Waals surface area contributed by atoms with E-state index in [1.807, 2.05) is 6.92 Å². The van der Waals surface area contributed by atoms with Crippen LogP contribution in [-0.4, -0.2) is 41.1 Å². The molecule has 1 rings (SSSR count). The van der Waals surface area contributed by atoms with E-state index in [1.54, 1.807) is 4.90 Å². The average Bonchev–Trinajstić information content (AvgIpc) is 2.34. The number of hydrogen-bond donors (Lipinski definition) is 3. The lowest BCUT2D eigenvalue weighted by molar-refractivity contribution is -0.116. The SMILES string of the molecule is CCN(CC(N)=O)c1nc(NN)nc(OC)n1. The number of methoxy groups -OCH3 is 1. The Balaban J connectivity index is 3.04. The fraction of sp³-hybridized carbons (Fsp3) is 0.500. The molecule has 0 bridgehead atoms. The molecule has 1 aromatic heterocycles. The van der Waals surface area contributed by atoms with Crippen LogP contribution >= 0.6 is 0 Å². The second-order valence-electron chi connectivity index (χ2n) is 3.07. The van der Waals surface area contributed by atoms with Gasteiger partial charge >= 0.3 is 6.01 Å². The topological polar surface area (TPSA) is 132 Å². The van der Waals surface area contributed by atoms with Crippen LogP contribution in [0.1, 0.15) is 6.92 Å². The van der Waals surface area contributed by atoms with Crippen molar-refractivity contribution in [3.8, 4) is 6.01 Å². The van der Waals surface area contributed by atoms with Crippen LogP contribution in [0.5, 0.6) is 6.01 Å². The highest BCUT2D eigenvalue weighted by Crippen LogP contribution is 2.13. The molecule has 0 fully saturated rings. The average molecular weight is 241 g/mol. The highest BCUT2D eigenvalue weighted by molar-refractivity contribution is 5.78. The number of amides is 1. The molecule has 0 radical (unpaired) electrons. The Bertz CT molecular complexity index is 375. The standard InChI is InChI=1S/C8H15N7O2/c1-3-15(4-5(9)16)7-11-6(14-10)12-8(13-7)17-2/h3-4,10H2,1-2H3,(H2,9,16)(H,11,12,13,14). The minimum absolute atomic E-state index is 0.00762. The molecule has 0 saturated heterocycles. The normalized spacial score (nSPS) is 9.82. The molecular weight excluding hydrogens is 226 g/mol. The zero-order valence-electron chi connectivity index (χ0n) is 9.67. The van der Waals surface area contributed by atoms with Gasteiger partial charge in [-0.1, -0.05) is 0 Å². The molecule has 9 nitrogen and oxygen atoms in total. The monoisotopic (exact) mass is 241 g/mol. The summed E-state index contributed by atoms with van der Waals surface area (Å²) >= 11 is 0. The number of likely N-dealkylation sites (N-methyl/N-ethyl adjacent to an activating group) is 1. The number of nitrogens with two attached hydrogens (primary N) is 2. The van der Waals surface area contributed by atoms with Gasteiger partial charge in [0.25, 0.3) is 0 Å². The minimum atomic E-state index is -0.478. The van der Waals surface area contributed by atoms with Crippen molar-refractivity contribution >= 4 is 17.8 Å². The van der Waals surface area contributed by atoms with Crippen molar-refractivity contribution in [1.29, 1.82) is 0 Å². The summed E-state index contributed by atoms with van der Waals surface area (Å²) in [5.41, 5.74) is 7.41. The largest absolute Gasteiger partial charge is 0.467 e. The third kappa shape index (κ3) is 3.41. The number of nitrogens with zero attached hydrogens (tertiary/aromatic N) is 4. The predicted octanol–water partition coefficient (Wildman–Crippen LogP) is -1.52. The second-order valence-corrected chi connectivity index (χ2v) is 3.07. The number of nitrogens with one attached hydrogen (secondary N) is 1. The van der Waals surface area contributed by atoms with Gasteiger partial charge < -0.3 is 15.4 Å². The smallest absolute Gasteiger partial charge is 0.322 e. The van der Waals surface area contributed by atoms with E-state index >= 15 is 0 Å². The third-order valence-corrected chi connectivity index (χ3v) is 1.93. The number of carbonyl (C=O) groups excluding carboxylic acids is 1. The number of carbonyl (C=O) groups is 1. The molecule has 0 aliphatic carbocycles. The van der Waals surface area contributed by atoms with E-state index < -0.39 is 5.91 Å². The van der Waals surface area contributed by atoms with Gasteiger partial charge in [0, 0.05) is 6.54 Å². The molecule has 0 saturated carbocycles. The van der Waals surface area contributed by atoms with E-state index in [0.29, 0.717) is 6.54 Å². The van der Waals surface area contributed by atoms with E-state index in [2.05, 4.69) is 20.4 Å². The number of aromatic nitrogens is 3. The first-order chi connectivity index (χ1) is 8.10. The van der Waals surface area contributed by atoms with Gasteiger partial charge in [-0.3, -0.25) is 10.2 Å². The van der Waals surface area contributed by atoms with E-state index in [1.165, 1.54) is 7.11 Å². The number of ether oxygens (including phenoxy) is 1. The number of hydrazine groups is 1. The van der Waals surface area contributed by atoms with Crippen molar-refractivity contribution in [3.05, 3.63) is 0 Å². The second kappa shape index (κ2) is 5.80. The highest BCUT2D eigenvalue weighted by Gasteiger charge is 2.14. The van der Waals surface area contributed by atoms with Gasteiger partial charge in [0.1, 0.15) is 0 Å². The highest BCUT2D eigenvalue weighted by atomic mass is 16.5. The minimum Gasteiger partial charge on any atom is -0.467 e. The Morgan fingerprint density at radius 3 is 2.65 bits per heavy atom. The maximum atomic E-state index is 10.9. The fourth-order valence-corrected chi connectivity index (χ4v) is 1.16. The Hall–Kier alpha value is -2.16. The molecule has 94 valence electrons. The molecule has 0 unspecified atom stereocenters. The molecule has 5 N–H and O–H groups in total. The lowest BCUT2D eigenvalue weighted by atomic mass is 10.5. The van der Waals surface area contributed by atoms with Gasteiger partial charge in [0.15, 0.2) is 0 Å². The molecule has 1 heterocycles. The fourth-order valence-electron chi connectivity index (χ4n) is 1.16. The van der Waals surface area contributed by atoms with Crippen LogP contribution in [0.3, 0.4) is 0 Å². The van der Waals surface area contributed by atoms with Gasteiger partial charge in [-0.05, 0) is 6.92 Å². The Kier molecular flexibility index (Phi) is 4.40. The Morgan fingerprint density at radius 2 is 2.18 bits per heavy atom. The lowest BCUT2D eigenvalue weighted by Crippen LogP contribution is -2.35. The van der Waals surface area contributed by atoms with Crippen molar-refractivity contribution < 1.29 is 9.53 Å². The van der Waals surface area contributed by atoms with Gasteiger partial charge in [-0.25, -0.2) is 5.84 Å². The third-order valence-electron chi connectivity index (χ3n) is 1.93. The molecule has 9 heteroatoms. The first-order valence-electron chi connectivity index (χ1n) is 4.90. The number of hydrogen-bond acceptors (Lipinski definition) is 8. The summed E-state index contributed by atoms with van der Waals surface area (Å²) in [4.78, 5) is 24.3. The maximum Gasteiger partial charge on any atom is 0.322 e. The quantitative estimate of drug-likeness (QED) is 0.404. The van der Waals surface area contributed by atoms with Gasteiger partial charge in [0.2, 0.25) is 17.8 Å². The van der Waals surface area contributed by atoms with Crippen molar-refractivity contribution in [2.24, 2.45) is 11.6 Å². The van der Waals surface area contributed by atoms with Crippen LogP contribution in [0, 0.1) is 0 Å². The summed E-state index contributed by atoms with van der Waals surface area (Å²) < 4.78 is 4.90. The lowest BCUT2D eigenvalue weighted by Gasteiger charge is -2.19. The predicted molar refractivity (Wildman–Crippen MR) is 61.3 cm³/mol. The first-order valence-corrected chi connectivity index (χ1v) is 4.90. The number of nitrogen functional groups attached to an aromatic ring is 1. The van der Waals surface area contributed by atoms with Crippen LogP contribution in [0.2, 0.25) is 0 Å². The zero-order valence-corrected chi connectivity index (χ0v) is 9.67. The van der Waals surface area contributed by atoms with Crippen LogP contribution in [0.15, 0.2) is 0 Å². The first kappa shape index (κ1) is 12.9. The molecule has 0 spiro atoms. The number of rotatable bonds is 6. The summed E-state index contributed by atoms with van der Waals surface area (Å²) in [5.74, 6) is 5.16. The molecule has 0 aliphatic heterocycles. The van der Waals surface area contributed by atoms with Crippen LogP contribution < -0.4 is 26.6 Å². The summed E-state index contributed by atoms with van der Waals surface area (Å²) in [7, 11) is 1.42. The molecule has 0 aliphatic rings. The van der Waals surface area contributed by atoms with Gasteiger partial charge in [-0.15, -0.1) is 0 Å². The molecular formula is C8H15N7O2. The maximum absolute atomic E-state index is 10.9. The van der Waals surface area contributed by atoms with E-state index in [4.69, 9.17) is 16.3 Å². The number of primary amides is 1. The van der Waals surface area contributed by atoms with E-state index in [-0.39, 0.29) is 24.5 Å². The number of anilines is 2. The summed E-state index contributed by atoms with van der Waals surface area (Å²) in [6, 6.07) is 0.103. The van der Waals surface area contributed by atoms with Crippen LogP contribution in [0.4, 0.5) is 11.9 Å². The summed E-state index contributed by atoms with van der Waals surface area (Å²) in [5, 5.41) is 0.